The molecule has 0 aromatic heterocycles. The fourth-order valence-electron chi connectivity index (χ4n) is 1.12. The fraction of sp³-hybridized carbons (Fsp3) is 0.364. The topological polar surface area (TPSA) is 41.1 Å². The quantitative estimate of drug-likeness (QED) is 0.815. The van der Waals surface area contributed by atoms with Gasteiger partial charge in [0.25, 0.3) is 5.91 Å². The van der Waals surface area contributed by atoms with Crippen molar-refractivity contribution in [3.05, 3.63) is 35.4 Å². The molecule has 1 amide bonds. The summed E-state index contributed by atoms with van der Waals surface area (Å²) in [5.74, 6) is -2.74. The first-order valence-electron chi connectivity index (χ1n) is 4.95. The molecule has 3 nitrogen and oxygen atoms in total. The van der Waals surface area contributed by atoms with Gasteiger partial charge in [-0.2, -0.15) is 0 Å². The molecule has 0 saturated carbocycles. The average molecular weight is 228 g/mol. The van der Waals surface area contributed by atoms with Crippen molar-refractivity contribution in [3.8, 4) is 0 Å². The minimum absolute atomic E-state index is 0.0700. The number of carbonyl (C=O) groups excluding carboxylic acids is 1. The molecule has 1 aromatic rings. The van der Waals surface area contributed by atoms with Crippen LogP contribution in [0.2, 0.25) is 0 Å². The van der Waals surface area contributed by atoms with Gasteiger partial charge in [0.15, 0.2) is 11.6 Å². The molecule has 1 atom stereocenters. The Morgan fingerprint density at radius 3 is 2.75 bits per heavy atom. The number of rotatable bonds is 4. The minimum Gasteiger partial charge on any atom is -0.350 e. The molecular formula is C11H14F2N2O. The molecule has 0 aliphatic heterocycles. The summed E-state index contributed by atoms with van der Waals surface area (Å²) in [6.07, 6.45) is 0. The second-order valence-corrected chi connectivity index (χ2v) is 3.50. The van der Waals surface area contributed by atoms with Crippen LogP contribution in [0.4, 0.5) is 8.78 Å². The van der Waals surface area contributed by atoms with E-state index in [1.807, 2.05) is 6.92 Å². The van der Waals surface area contributed by atoms with Gasteiger partial charge in [-0.05, 0) is 26.1 Å². The molecule has 0 fully saturated rings. The lowest BCUT2D eigenvalue weighted by Gasteiger charge is -2.11. The van der Waals surface area contributed by atoms with Gasteiger partial charge >= 0.3 is 0 Å². The van der Waals surface area contributed by atoms with E-state index in [-0.39, 0.29) is 11.6 Å². The summed E-state index contributed by atoms with van der Waals surface area (Å²) in [6.45, 7) is 2.22. The first kappa shape index (κ1) is 12.6. The van der Waals surface area contributed by atoms with E-state index in [0.29, 0.717) is 6.54 Å². The predicted molar refractivity (Wildman–Crippen MR) is 57.2 cm³/mol. The molecule has 5 heteroatoms. The van der Waals surface area contributed by atoms with E-state index in [0.717, 1.165) is 6.07 Å². The Balaban J connectivity index is 2.70. The number of hydrogen-bond donors (Lipinski definition) is 2. The van der Waals surface area contributed by atoms with E-state index < -0.39 is 17.5 Å². The minimum atomic E-state index is -1.11. The second kappa shape index (κ2) is 5.55. The Morgan fingerprint density at radius 1 is 1.44 bits per heavy atom. The lowest BCUT2D eigenvalue weighted by atomic mass is 10.2. The zero-order valence-corrected chi connectivity index (χ0v) is 9.18. The summed E-state index contributed by atoms with van der Waals surface area (Å²) in [5.41, 5.74) is -0.275. The highest BCUT2D eigenvalue weighted by molar-refractivity contribution is 5.94. The third-order valence-electron chi connectivity index (χ3n) is 2.26. The number of benzene rings is 1. The third-order valence-corrected chi connectivity index (χ3v) is 2.26. The zero-order valence-electron chi connectivity index (χ0n) is 9.18. The number of hydrogen-bond acceptors (Lipinski definition) is 2. The first-order chi connectivity index (χ1) is 7.56. The van der Waals surface area contributed by atoms with E-state index in [2.05, 4.69) is 10.6 Å². The molecule has 1 aromatic carbocycles. The number of halogens is 2. The van der Waals surface area contributed by atoms with Crippen molar-refractivity contribution in [3.63, 3.8) is 0 Å². The van der Waals surface area contributed by atoms with Crippen LogP contribution in [0.3, 0.4) is 0 Å². The van der Waals surface area contributed by atoms with E-state index in [1.165, 1.54) is 12.1 Å². The number of nitrogens with one attached hydrogen (secondary N) is 2. The molecule has 16 heavy (non-hydrogen) atoms. The van der Waals surface area contributed by atoms with E-state index in [9.17, 15) is 13.6 Å². The van der Waals surface area contributed by atoms with Crippen molar-refractivity contribution >= 4 is 5.91 Å². The van der Waals surface area contributed by atoms with Crippen LogP contribution in [0.15, 0.2) is 18.2 Å². The zero-order chi connectivity index (χ0) is 12.1. The molecule has 0 radical (unpaired) electrons. The molecule has 1 rings (SSSR count). The van der Waals surface area contributed by atoms with Gasteiger partial charge in [0.2, 0.25) is 0 Å². The molecule has 2 N–H and O–H groups in total. The largest absolute Gasteiger partial charge is 0.350 e. The lowest BCUT2D eigenvalue weighted by molar-refractivity contribution is 0.0945. The van der Waals surface area contributed by atoms with Crippen molar-refractivity contribution < 1.29 is 13.6 Å². The number of carbonyl (C=O) groups is 1. The van der Waals surface area contributed by atoms with E-state index >= 15 is 0 Å². The molecule has 0 spiro atoms. The Hall–Kier alpha value is -1.49. The van der Waals surface area contributed by atoms with Crippen LogP contribution in [-0.2, 0) is 0 Å². The van der Waals surface area contributed by atoms with Crippen LogP contribution >= 0.6 is 0 Å². The monoisotopic (exact) mass is 228 g/mol. The highest BCUT2D eigenvalue weighted by Gasteiger charge is 2.14. The lowest BCUT2D eigenvalue weighted by Crippen LogP contribution is -2.37. The van der Waals surface area contributed by atoms with Crippen LogP contribution in [-0.4, -0.2) is 25.5 Å². The molecule has 0 heterocycles. The Morgan fingerprint density at radius 2 is 2.12 bits per heavy atom. The first-order valence-corrected chi connectivity index (χ1v) is 4.95. The van der Waals surface area contributed by atoms with Gasteiger partial charge in [-0.15, -0.1) is 0 Å². The molecular weight excluding hydrogens is 214 g/mol. The molecule has 1 unspecified atom stereocenters. The summed E-state index contributed by atoms with van der Waals surface area (Å²) in [5, 5.41) is 5.42. The molecule has 0 saturated heterocycles. The third kappa shape index (κ3) is 3.00. The van der Waals surface area contributed by atoms with E-state index in [1.54, 1.807) is 7.05 Å². The Bertz CT molecular complexity index is 382. The molecule has 0 aliphatic carbocycles. The summed E-state index contributed by atoms with van der Waals surface area (Å²) in [4.78, 5) is 11.5. The average Bonchev–Trinajstić information content (AvgIpc) is 2.29. The second-order valence-electron chi connectivity index (χ2n) is 3.50. The molecule has 0 aliphatic rings. The maximum Gasteiger partial charge on any atom is 0.254 e. The van der Waals surface area contributed by atoms with Gasteiger partial charge in [0, 0.05) is 12.6 Å². The van der Waals surface area contributed by atoms with Crippen molar-refractivity contribution in [1.82, 2.24) is 10.6 Å². The van der Waals surface area contributed by atoms with Crippen LogP contribution in [0.1, 0.15) is 17.3 Å². The van der Waals surface area contributed by atoms with Crippen molar-refractivity contribution in [2.75, 3.05) is 13.6 Å². The fourth-order valence-corrected chi connectivity index (χ4v) is 1.12. The standard InChI is InChI=1S/C11H14F2N2O/c1-7(14-2)6-15-11(16)8-4-3-5-9(12)10(8)13/h3-5,7,14H,6H2,1-2H3,(H,15,16). The van der Waals surface area contributed by atoms with Gasteiger partial charge in [0.1, 0.15) is 0 Å². The normalized spacial score (nSPS) is 12.2. The Kier molecular flexibility index (Phi) is 4.37. The van der Waals surface area contributed by atoms with Crippen LogP contribution in [0.25, 0.3) is 0 Å². The van der Waals surface area contributed by atoms with Gasteiger partial charge in [-0.3, -0.25) is 4.79 Å². The molecule has 88 valence electrons. The number of likely N-dealkylation sites (N-methyl/N-ethyl adjacent to an activating group) is 1. The van der Waals surface area contributed by atoms with Gasteiger partial charge < -0.3 is 10.6 Å². The van der Waals surface area contributed by atoms with Crippen LogP contribution in [0, 0.1) is 11.6 Å². The van der Waals surface area contributed by atoms with Crippen LogP contribution < -0.4 is 10.6 Å². The highest BCUT2D eigenvalue weighted by Crippen LogP contribution is 2.10. The van der Waals surface area contributed by atoms with Crippen LogP contribution in [0.5, 0.6) is 0 Å². The molecule has 0 bridgehead atoms. The maximum atomic E-state index is 13.2. The summed E-state index contributed by atoms with van der Waals surface area (Å²) in [6, 6.07) is 3.59. The summed E-state index contributed by atoms with van der Waals surface area (Å²) in [7, 11) is 1.75. The smallest absolute Gasteiger partial charge is 0.254 e. The summed E-state index contributed by atoms with van der Waals surface area (Å²) >= 11 is 0. The van der Waals surface area contributed by atoms with Crippen molar-refractivity contribution in [1.29, 1.82) is 0 Å². The SMILES string of the molecule is CNC(C)CNC(=O)c1cccc(F)c1F. The Labute approximate surface area is 92.8 Å². The number of amides is 1. The van der Waals surface area contributed by atoms with Crippen molar-refractivity contribution in [2.24, 2.45) is 0 Å². The van der Waals surface area contributed by atoms with Gasteiger partial charge in [0.05, 0.1) is 5.56 Å². The van der Waals surface area contributed by atoms with Gasteiger partial charge in [-0.25, -0.2) is 8.78 Å². The van der Waals surface area contributed by atoms with Crippen molar-refractivity contribution in [2.45, 2.75) is 13.0 Å². The highest BCUT2D eigenvalue weighted by atomic mass is 19.2. The predicted octanol–water partition coefficient (Wildman–Crippen LogP) is 1.30. The van der Waals surface area contributed by atoms with E-state index in [4.69, 9.17) is 0 Å². The maximum absolute atomic E-state index is 13.2. The summed E-state index contributed by atoms with van der Waals surface area (Å²) < 4.78 is 26.0. The van der Waals surface area contributed by atoms with Gasteiger partial charge in [-0.1, -0.05) is 6.07 Å².